The largest absolute Gasteiger partial charge is 0.494 e. The van der Waals surface area contributed by atoms with Crippen molar-refractivity contribution in [1.82, 2.24) is 4.90 Å². The van der Waals surface area contributed by atoms with Crippen molar-refractivity contribution in [3.8, 4) is 5.75 Å². The van der Waals surface area contributed by atoms with Crippen molar-refractivity contribution in [1.29, 1.82) is 0 Å². The minimum absolute atomic E-state index is 0.00222. The van der Waals surface area contributed by atoms with Gasteiger partial charge in [0.25, 0.3) is 0 Å². The molecule has 2 rings (SSSR count). The fourth-order valence-electron chi connectivity index (χ4n) is 2.52. The van der Waals surface area contributed by atoms with E-state index in [2.05, 4.69) is 11.8 Å². The summed E-state index contributed by atoms with van der Waals surface area (Å²) in [4.78, 5) is 2.28. The van der Waals surface area contributed by atoms with E-state index in [1.165, 1.54) is 7.11 Å². The molecule has 1 aliphatic heterocycles. The molecule has 5 heteroatoms. The summed E-state index contributed by atoms with van der Waals surface area (Å²) >= 11 is 0. The molecule has 20 heavy (non-hydrogen) atoms. The van der Waals surface area contributed by atoms with Gasteiger partial charge in [0.05, 0.1) is 19.8 Å². The van der Waals surface area contributed by atoms with Crippen molar-refractivity contribution in [2.75, 3.05) is 26.8 Å². The van der Waals surface area contributed by atoms with Gasteiger partial charge in [-0.1, -0.05) is 6.07 Å². The van der Waals surface area contributed by atoms with Gasteiger partial charge in [-0.2, -0.15) is 0 Å². The van der Waals surface area contributed by atoms with E-state index in [9.17, 15) is 4.39 Å². The van der Waals surface area contributed by atoms with Crippen molar-refractivity contribution in [2.45, 2.75) is 32.0 Å². The number of methoxy groups -OCH3 is 1. The van der Waals surface area contributed by atoms with E-state index in [1.807, 2.05) is 13.0 Å². The van der Waals surface area contributed by atoms with Crippen LogP contribution in [0.3, 0.4) is 0 Å². The Morgan fingerprint density at radius 1 is 1.45 bits per heavy atom. The molecule has 3 unspecified atom stereocenters. The molecule has 0 aliphatic carbocycles. The molecule has 2 N–H and O–H groups in total. The first-order valence-electron chi connectivity index (χ1n) is 6.97. The lowest BCUT2D eigenvalue weighted by Gasteiger charge is -2.38. The Balaban J connectivity index is 2.10. The summed E-state index contributed by atoms with van der Waals surface area (Å²) in [5.41, 5.74) is 6.84. The third kappa shape index (κ3) is 3.29. The second kappa shape index (κ2) is 6.52. The predicted molar refractivity (Wildman–Crippen MR) is 76.3 cm³/mol. The normalized spacial score (nSPS) is 23.4. The Bertz CT molecular complexity index is 453. The summed E-state index contributed by atoms with van der Waals surface area (Å²) in [6.45, 7) is 6.29. The van der Waals surface area contributed by atoms with E-state index in [1.54, 1.807) is 12.1 Å². The highest BCUT2D eigenvalue weighted by molar-refractivity contribution is 5.30. The van der Waals surface area contributed by atoms with Gasteiger partial charge in [-0.15, -0.1) is 0 Å². The van der Waals surface area contributed by atoms with Crippen molar-refractivity contribution in [3.63, 3.8) is 0 Å². The lowest BCUT2D eigenvalue weighted by Crippen LogP contribution is -2.50. The number of nitrogens with zero attached hydrogens (tertiary/aromatic N) is 1. The zero-order valence-electron chi connectivity index (χ0n) is 12.3. The summed E-state index contributed by atoms with van der Waals surface area (Å²) in [5.74, 6) is -0.0507. The fraction of sp³-hybridized carbons (Fsp3) is 0.600. The molecule has 0 saturated carbocycles. The molecule has 0 amide bonds. The SMILES string of the molecule is COc1ccc(C(C)N2CCOC(C(C)N)C2)cc1F. The first kappa shape index (κ1) is 15.2. The molecule has 0 aromatic heterocycles. The van der Waals surface area contributed by atoms with Gasteiger partial charge in [-0.3, -0.25) is 4.90 Å². The van der Waals surface area contributed by atoms with E-state index in [4.69, 9.17) is 15.2 Å². The molecule has 0 radical (unpaired) electrons. The molecule has 0 spiro atoms. The highest BCUT2D eigenvalue weighted by Gasteiger charge is 2.27. The van der Waals surface area contributed by atoms with Gasteiger partial charge in [-0.05, 0) is 31.5 Å². The van der Waals surface area contributed by atoms with Crippen LogP contribution in [0.4, 0.5) is 4.39 Å². The standard InChI is InChI=1S/C15H23FN2O2/c1-10(17)15-9-18(6-7-20-15)11(2)12-4-5-14(19-3)13(16)8-12/h4-5,8,10-11,15H,6-7,9,17H2,1-3H3. The number of morpholine rings is 1. The van der Waals surface area contributed by atoms with E-state index < -0.39 is 0 Å². The molecule has 1 aliphatic rings. The maximum atomic E-state index is 13.8. The van der Waals surface area contributed by atoms with E-state index in [0.717, 1.165) is 18.7 Å². The van der Waals surface area contributed by atoms with E-state index >= 15 is 0 Å². The van der Waals surface area contributed by atoms with Gasteiger partial charge in [0.15, 0.2) is 11.6 Å². The molecule has 112 valence electrons. The fourth-order valence-corrected chi connectivity index (χ4v) is 2.52. The van der Waals surface area contributed by atoms with Crippen LogP contribution in [-0.4, -0.2) is 43.9 Å². The zero-order valence-corrected chi connectivity index (χ0v) is 12.3. The van der Waals surface area contributed by atoms with Crippen LogP contribution in [0, 0.1) is 5.82 Å². The maximum Gasteiger partial charge on any atom is 0.165 e. The molecule has 1 aromatic rings. The van der Waals surface area contributed by atoms with Crippen LogP contribution < -0.4 is 10.5 Å². The zero-order chi connectivity index (χ0) is 14.7. The third-order valence-electron chi connectivity index (χ3n) is 3.92. The Morgan fingerprint density at radius 2 is 2.20 bits per heavy atom. The van der Waals surface area contributed by atoms with E-state index in [-0.39, 0.29) is 29.8 Å². The van der Waals surface area contributed by atoms with Gasteiger partial charge in [0.1, 0.15) is 0 Å². The highest BCUT2D eigenvalue weighted by atomic mass is 19.1. The highest BCUT2D eigenvalue weighted by Crippen LogP contribution is 2.27. The predicted octanol–water partition coefficient (Wildman–Crippen LogP) is 1.94. The van der Waals surface area contributed by atoms with Crippen LogP contribution in [0.15, 0.2) is 18.2 Å². The number of nitrogens with two attached hydrogens (primary N) is 1. The minimum atomic E-state index is -0.325. The number of ether oxygens (including phenoxy) is 2. The van der Waals surface area contributed by atoms with Crippen LogP contribution in [0.2, 0.25) is 0 Å². The van der Waals surface area contributed by atoms with Gasteiger partial charge in [0.2, 0.25) is 0 Å². The van der Waals surface area contributed by atoms with Crippen LogP contribution in [0.5, 0.6) is 5.75 Å². The van der Waals surface area contributed by atoms with Gasteiger partial charge in [0, 0.05) is 25.2 Å². The number of benzene rings is 1. The summed E-state index contributed by atoms with van der Waals surface area (Å²) in [5, 5.41) is 0. The van der Waals surface area contributed by atoms with Crippen LogP contribution in [0.25, 0.3) is 0 Å². The van der Waals surface area contributed by atoms with E-state index in [0.29, 0.717) is 6.61 Å². The molecule has 1 heterocycles. The van der Waals surface area contributed by atoms with Crippen molar-refractivity contribution >= 4 is 0 Å². The summed E-state index contributed by atoms with van der Waals surface area (Å²) in [6.07, 6.45) is 0.0364. The van der Waals surface area contributed by atoms with Crippen molar-refractivity contribution < 1.29 is 13.9 Å². The van der Waals surface area contributed by atoms with Crippen molar-refractivity contribution in [2.24, 2.45) is 5.73 Å². The van der Waals surface area contributed by atoms with Crippen LogP contribution >= 0.6 is 0 Å². The second-order valence-corrected chi connectivity index (χ2v) is 5.33. The van der Waals surface area contributed by atoms with Crippen LogP contribution in [0.1, 0.15) is 25.5 Å². The average molecular weight is 282 g/mol. The molecule has 3 atom stereocenters. The average Bonchev–Trinajstić information content (AvgIpc) is 2.46. The third-order valence-corrected chi connectivity index (χ3v) is 3.92. The number of hydrogen-bond donors (Lipinski definition) is 1. The summed E-state index contributed by atoms with van der Waals surface area (Å²) < 4.78 is 24.4. The van der Waals surface area contributed by atoms with Gasteiger partial charge >= 0.3 is 0 Å². The molecule has 1 fully saturated rings. The monoisotopic (exact) mass is 282 g/mol. The number of rotatable bonds is 4. The Labute approximate surface area is 119 Å². The number of hydrogen-bond acceptors (Lipinski definition) is 4. The topological polar surface area (TPSA) is 47.7 Å². The lowest BCUT2D eigenvalue weighted by atomic mass is 10.0. The molecular weight excluding hydrogens is 259 g/mol. The first-order valence-corrected chi connectivity index (χ1v) is 6.97. The Kier molecular flexibility index (Phi) is 4.96. The van der Waals surface area contributed by atoms with Crippen molar-refractivity contribution in [3.05, 3.63) is 29.6 Å². The summed E-state index contributed by atoms with van der Waals surface area (Å²) in [7, 11) is 1.47. The quantitative estimate of drug-likeness (QED) is 0.917. The number of halogens is 1. The summed E-state index contributed by atoms with van der Waals surface area (Å²) in [6, 6.07) is 5.24. The molecule has 1 aromatic carbocycles. The molecule has 4 nitrogen and oxygen atoms in total. The molecule has 1 saturated heterocycles. The maximum absolute atomic E-state index is 13.8. The van der Waals surface area contributed by atoms with Crippen LogP contribution in [-0.2, 0) is 4.74 Å². The molecule has 0 bridgehead atoms. The molecular formula is C15H23FN2O2. The van der Waals surface area contributed by atoms with Gasteiger partial charge < -0.3 is 15.2 Å². The lowest BCUT2D eigenvalue weighted by molar-refractivity contribution is -0.0498. The second-order valence-electron chi connectivity index (χ2n) is 5.33. The Hall–Kier alpha value is -1.17. The Morgan fingerprint density at radius 3 is 2.80 bits per heavy atom. The first-order chi connectivity index (χ1) is 9.52. The smallest absolute Gasteiger partial charge is 0.165 e. The minimum Gasteiger partial charge on any atom is -0.494 e. The van der Waals surface area contributed by atoms with Gasteiger partial charge in [-0.25, -0.2) is 4.39 Å².